The Morgan fingerprint density at radius 1 is 1.15 bits per heavy atom. The number of benzene rings is 2. The number of carbonyl (C=O) groups excluding carboxylic acids is 1. The summed E-state index contributed by atoms with van der Waals surface area (Å²) in [5.74, 6) is -0.745. The first-order valence-corrected chi connectivity index (χ1v) is 8.03. The number of amides is 1. The summed E-state index contributed by atoms with van der Waals surface area (Å²) in [6, 6.07) is 10.1. The van der Waals surface area contributed by atoms with Gasteiger partial charge in [-0.3, -0.25) is 14.9 Å². The van der Waals surface area contributed by atoms with Crippen molar-refractivity contribution in [3.05, 3.63) is 73.4 Å². The Balaban J connectivity index is 2.21. The number of nitro groups is 1. The minimum atomic E-state index is -0.745. The van der Waals surface area contributed by atoms with Gasteiger partial charge in [-0.25, -0.2) is 0 Å². The standard InChI is InChI=1S/C16H9Cl3N4O3/c17-11-5-4-10(23(25)26)6-14(11)21-8-9(7-20)16(24)22-13-3-1-2-12(18)15(13)19/h1-6,8,21H,(H,22,24)/b9-8-. The number of carbonyl (C=O) groups is 1. The largest absolute Gasteiger partial charge is 0.359 e. The Kier molecular flexibility index (Phi) is 6.41. The van der Waals surface area contributed by atoms with Gasteiger partial charge in [-0.05, 0) is 18.2 Å². The zero-order valence-corrected chi connectivity index (χ0v) is 15.1. The van der Waals surface area contributed by atoms with Gasteiger partial charge in [0.05, 0.1) is 31.4 Å². The van der Waals surface area contributed by atoms with E-state index >= 15 is 0 Å². The van der Waals surface area contributed by atoms with Crippen LogP contribution in [0.25, 0.3) is 0 Å². The predicted octanol–water partition coefficient (Wildman–Crippen LogP) is 5.01. The summed E-state index contributed by atoms with van der Waals surface area (Å²) in [5, 5.41) is 25.6. The van der Waals surface area contributed by atoms with Crippen molar-refractivity contribution in [3.8, 4) is 6.07 Å². The molecule has 0 spiro atoms. The van der Waals surface area contributed by atoms with Gasteiger partial charge in [0.2, 0.25) is 0 Å². The first-order valence-electron chi connectivity index (χ1n) is 6.89. The van der Waals surface area contributed by atoms with Crippen LogP contribution >= 0.6 is 34.8 Å². The topological polar surface area (TPSA) is 108 Å². The van der Waals surface area contributed by atoms with Crippen LogP contribution < -0.4 is 10.6 Å². The summed E-state index contributed by atoms with van der Waals surface area (Å²) in [7, 11) is 0. The summed E-state index contributed by atoms with van der Waals surface area (Å²) >= 11 is 17.8. The minimum Gasteiger partial charge on any atom is -0.359 e. The first-order chi connectivity index (χ1) is 12.3. The van der Waals surface area contributed by atoms with Gasteiger partial charge in [0, 0.05) is 18.3 Å². The number of nitrogens with zero attached hydrogens (tertiary/aromatic N) is 2. The molecule has 2 aromatic rings. The lowest BCUT2D eigenvalue weighted by Gasteiger charge is -2.08. The molecular weight excluding hydrogens is 403 g/mol. The molecule has 0 atom stereocenters. The van der Waals surface area contributed by atoms with Gasteiger partial charge in [0.15, 0.2) is 0 Å². The molecule has 0 heterocycles. The lowest BCUT2D eigenvalue weighted by molar-refractivity contribution is -0.384. The molecule has 132 valence electrons. The Labute approximate surface area is 162 Å². The molecule has 0 fully saturated rings. The van der Waals surface area contributed by atoms with Crippen LogP contribution in [0.1, 0.15) is 0 Å². The van der Waals surface area contributed by atoms with Crippen LogP contribution in [0.4, 0.5) is 17.1 Å². The van der Waals surface area contributed by atoms with Gasteiger partial charge in [-0.2, -0.15) is 5.26 Å². The number of anilines is 2. The van der Waals surface area contributed by atoms with Crippen molar-refractivity contribution in [1.82, 2.24) is 0 Å². The van der Waals surface area contributed by atoms with Crippen molar-refractivity contribution >= 4 is 57.8 Å². The summed E-state index contributed by atoms with van der Waals surface area (Å²) in [5.41, 5.74) is -0.0940. The quantitative estimate of drug-likeness (QED) is 0.311. The number of halogens is 3. The fourth-order valence-corrected chi connectivity index (χ4v) is 2.35. The van der Waals surface area contributed by atoms with Crippen LogP contribution in [0.3, 0.4) is 0 Å². The predicted molar refractivity (Wildman–Crippen MR) is 101 cm³/mol. The highest BCUT2D eigenvalue weighted by molar-refractivity contribution is 6.44. The fourth-order valence-electron chi connectivity index (χ4n) is 1.83. The molecule has 0 saturated heterocycles. The van der Waals surface area contributed by atoms with Crippen molar-refractivity contribution in [1.29, 1.82) is 5.26 Å². The molecule has 0 aliphatic heterocycles. The number of rotatable bonds is 5. The third-order valence-corrected chi connectivity index (χ3v) is 4.25. The summed E-state index contributed by atoms with van der Waals surface area (Å²) in [4.78, 5) is 22.4. The van der Waals surface area contributed by atoms with Crippen LogP contribution in [0.5, 0.6) is 0 Å². The van der Waals surface area contributed by atoms with Crippen molar-refractivity contribution < 1.29 is 9.72 Å². The van der Waals surface area contributed by atoms with E-state index < -0.39 is 10.8 Å². The maximum atomic E-state index is 12.2. The third kappa shape index (κ3) is 4.64. The molecule has 2 rings (SSSR count). The average molecular weight is 412 g/mol. The summed E-state index contributed by atoms with van der Waals surface area (Å²) in [6.45, 7) is 0. The highest BCUT2D eigenvalue weighted by atomic mass is 35.5. The lowest BCUT2D eigenvalue weighted by Crippen LogP contribution is -2.15. The SMILES string of the molecule is N#C/C(=C/Nc1cc([N+](=O)[O-])ccc1Cl)C(=O)Nc1cccc(Cl)c1Cl. The van der Waals surface area contributed by atoms with Crippen LogP contribution in [-0.2, 0) is 4.79 Å². The third-order valence-electron chi connectivity index (χ3n) is 3.10. The molecule has 0 aliphatic carbocycles. The van der Waals surface area contributed by atoms with E-state index in [1.54, 1.807) is 18.2 Å². The van der Waals surface area contributed by atoms with Gasteiger partial charge in [-0.1, -0.05) is 40.9 Å². The van der Waals surface area contributed by atoms with E-state index in [1.165, 1.54) is 24.3 Å². The maximum absolute atomic E-state index is 12.2. The number of nitriles is 1. The Bertz CT molecular complexity index is 954. The Morgan fingerprint density at radius 3 is 2.54 bits per heavy atom. The zero-order chi connectivity index (χ0) is 19.3. The number of non-ortho nitro benzene ring substituents is 1. The molecule has 0 radical (unpaired) electrons. The van der Waals surface area contributed by atoms with Gasteiger partial charge in [-0.15, -0.1) is 0 Å². The van der Waals surface area contributed by atoms with E-state index in [0.717, 1.165) is 6.20 Å². The van der Waals surface area contributed by atoms with E-state index in [-0.39, 0.29) is 37.7 Å². The molecule has 7 nitrogen and oxygen atoms in total. The molecule has 2 N–H and O–H groups in total. The highest BCUT2D eigenvalue weighted by Crippen LogP contribution is 2.30. The molecule has 0 aliphatic rings. The van der Waals surface area contributed by atoms with Gasteiger partial charge in [0.1, 0.15) is 11.6 Å². The molecule has 1 amide bonds. The number of hydrogen-bond donors (Lipinski definition) is 2. The van der Waals surface area contributed by atoms with Crippen molar-refractivity contribution in [2.75, 3.05) is 10.6 Å². The second-order valence-electron chi connectivity index (χ2n) is 4.79. The van der Waals surface area contributed by atoms with Crippen molar-refractivity contribution in [2.24, 2.45) is 0 Å². The van der Waals surface area contributed by atoms with E-state index in [9.17, 15) is 14.9 Å². The first kappa shape index (κ1) is 19.5. The molecule has 26 heavy (non-hydrogen) atoms. The van der Waals surface area contributed by atoms with E-state index in [0.29, 0.717) is 0 Å². The number of nitro benzene ring substituents is 1. The van der Waals surface area contributed by atoms with E-state index in [1.807, 2.05) is 0 Å². The van der Waals surface area contributed by atoms with Crippen LogP contribution in [0, 0.1) is 21.4 Å². The second kappa shape index (κ2) is 8.54. The number of hydrogen-bond acceptors (Lipinski definition) is 5. The molecule has 0 aromatic heterocycles. The van der Waals surface area contributed by atoms with Crippen molar-refractivity contribution in [3.63, 3.8) is 0 Å². The van der Waals surface area contributed by atoms with E-state index in [4.69, 9.17) is 40.1 Å². The second-order valence-corrected chi connectivity index (χ2v) is 5.98. The Morgan fingerprint density at radius 2 is 1.88 bits per heavy atom. The van der Waals surface area contributed by atoms with Crippen LogP contribution in [-0.4, -0.2) is 10.8 Å². The highest BCUT2D eigenvalue weighted by Gasteiger charge is 2.14. The monoisotopic (exact) mass is 410 g/mol. The van der Waals surface area contributed by atoms with Crippen molar-refractivity contribution in [2.45, 2.75) is 0 Å². The molecule has 0 bridgehead atoms. The van der Waals surface area contributed by atoms with Gasteiger partial charge >= 0.3 is 0 Å². The normalized spacial score (nSPS) is 10.8. The van der Waals surface area contributed by atoms with Crippen LogP contribution in [0.15, 0.2) is 48.2 Å². The molecular formula is C16H9Cl3N4O3. The van der Waals surface area contributed by atoms with E-state index in [2.05, 4.69) is 10.6 Å². The smallest absolute Gasteiger partial charge is 0.271 e. The van der Waals surface area contributed by atoms with Gasteiger partial charge < -0.3 is 10.6 Å². The fraction of sp³-hybridized carbons (Fsp3) is 0. The average Bonchev–Trinajstić information content (AvgIpc) is 2.60. The molecule has 2 aromatic carbocycles. The molecule has 0 saturated carbocycles. The molecule has 0 unspecified atom stereocenters. The summed E-state index contributed by atoms with van der Waals surface area (Å²) in [6.07, 6.45) is 1.08. The lowest BCUT2D eigenvalue weighted by atomic mass is 10.2. The van der Waals surface area contributed by atoms with Gasteiger partial charge in [0.25, 0.3) is 11.6 Å². The van der Waals surface area contributed by atoms with Crippen LogP contribution in [0.2, 0.25) is 15.1 Å². The Hall–Kier alpha value is -2.79. The number of nitrogens with one attached hydrogen (secondary N) is 2. The zero-order valence-electron chi connectivity index (χ0n) is 12.8. The summed E-state index contributed by atoms with van der Waals surface area (Å²) < 4.78 is 0. The molecule has 10 heteroatoms. The minimum absolute atomic E-state index is 0.134. The maximum Gasteiger partial charge on any atom is 0.271 e.